The molecule has 0 radical (unpaired) electrons. The Morgan fingerprint density at radius 1 is 1.39 bits per heavy atom. The van der Waals surface area contributed by atoms with Gasteiger partial charge in [-0.15, -0.1) is 0 Å². The molecule has 2 rings (SSSR count). The van der Waals surface area contributed by atoms with E-state index in [4.69, 9.17) is 21.1 Å². The highest BCUT2D eigenvalue weighted by Crippen LogP contribution is 2.28. The molecule has 0 saturated heterocycles. The molecular weight excluding hydrogens is 388 g/mol. The normalized spacial score (nSPS) is 11.2. The molecule has 28 heavy (non-hydrogen) atoms. The van der Waals surface area contributed by atoms with Crippen LogP contribution in [-0.2, 0) is 4.74 Å². The van der Waals surface area contributed by atoms with E-state index in [0.29, 0.717) is 29.6 Å². The van der Waals surface area contributed by atoms with Crippen molar-refractivity contribution in [3.8, 4) is 11.4 Å². The fraction of sp³-hybridized carbons (Fsp3) is 0.444. The van der Waals surface area contributed by atoms with Gasteiger partial charge in [-0.25, -0.2) is 9.78 Å². The van der Waals surface area contributed by atoms with Crippen LogP contribution < -0.4 is 4.74 Å². The molecule has 0 aliphatic rings. The van der Waals surface area contributed by atoms with Gasteiger partial charge in [0.1, 0.15) is 22.8 Å². The van der Waals surface area contributed by atoms with Crippen LogP contribution in [0.2, 0.25) is 5.15 Å². The molecule has 0 N–H and O–H groups in total. The van der Waals surface area contributed by atoms with Gasteiger partial charge < -0.3 is 18.9 Å². The maximum atomic E-state index is 11.9. The number of nitro groups is 1. The summed E-state index contributed by atoms with van der Waals surface area (Å²) in [5.74, 6) is 0.322. The second-order valence-corrected chi connectivity index (χ2v) is 7.50. The molecule has 0 unspecified atom stereocenters. The zero-order valence-electron chi connectivity index (χ0n) is 16.2. The van der Waals surface area contributed by atoms with Crippen molar-refractivity contribution in [2.45, 2.75) is 32.8 Å². The monoisotopic (exact) mass is 410 g/mol. The Balaban J connectivity index is 2.01. The van der Waals surface area contributed by atoms with E-state index in [-0.39, 0.29) is 12.3 Å². The second-order valence-electron chi connectivity index (χ2n) is 7.12. The molecule has 10 heteroatoms. The van der Waals surface area contributed by atoms with Gasteiger partial charge in [0, 0.05) is 25.9 Å². The second kappa shape index (κ2) is 8.92. The predicted octanol–water partition coefficient (Wildman–Crippen LogP) is 4.07. The van der Waals surface area contributed by atoms with Crippen molar-refractivity contribution < 1.29 is 19.2 Å². The molecule has 1 heterocycles. The SMILES string of the molecule is CN(CCCOc1cc([N+](=O)[O-])ccc1-n1cnc(Cl)c1)C(=O)OC(C)(C)C. The first-order valence-electron chi connectivity index (χ1n) is 8.62. The van der Waals surface area contributed by atoms with Crippen molar-refractivity contribution in [3.63, 3.8) is 0 Å². The minimum Gasteiger partial charge on any atom is -0.491 e. The number of nitro benzene ring substituents is 1. The van der Waals surface area contributed by atoms with E-state index >= 15 is 0 Å². The molecule has 1 aromatic carbocycles. The first-order valence-corrected chi connectivity index (χ1v) is 9.00. The lowest BCUT2D eigenvalue weighted by Gasteiger charge is -2.24. The molecule has 0 fully saturated rings. The molecule has 0 aliphatic carbocycles. The van der Waals surface area contributed by atoms with Crippen molar-refractivity contribution in [2.75, 3.05) is 20.2 Å². The van der Waals surface area contributed by atoms with E-state index in [1.807, 2.05) is 0 Å². The maximum absolute atomic E-state index is 11.9. The van der Waals surface area contributed by atoms with E-state index in [9.17, 15) is 14.9 Å². The number of hydrogen-bond acceptors (Lipinski definition) is 6. The number of benzene rings is 1. The third-order valence-corrected chi connectivity index (χ3v) is 3.78. The largest absolute Gasteiger partial charge is 0.491 e. The van der Waals surface area contributed by atoms with Gasteiger partial charge in [0.25, 0.3) is 5.69 Å². The number of carbonyl (C=O) groups excluding carboxylic acids is 1. The molecule has 0 saturated carbocycles. The Bertz CT molecular complexity index is 847. The summed E-state index contributed by atoms with van der Waals surface area (Å²) in [4.78, 5) is 27.9. The van der Waals surface area contributed by atoms with Gasteiger partial charge in [-0.05, 0) is 33.3 Å². The smallest absolute Gasteiger partial charge is 0.410 e. The minimum absolute atomic E-state index is 0.0872. The van der Waals surface area contributed by atoms with E-state index in [1.54, 1.807) is 44.6 Å². The number of carbonyl (C=O) groups is 1. The van der Waals surface area contributed by atoms with Gasteiger partial charge >= 0.3 is 6.09 Å². The summed E-state index contributed by atoms with van der Waals surface area (Å²) in [7, 11) is 1.64. The van der Waals surface area contributed by atoms with Gasteiger partial charge in [-0.1, -0.05) is 11.6 Å². The minimum atomic E-state index is -0.564. The van der Waals surface area contributed by atoms with E-state index in [1.165, 1.54) is 23.4 Å². The zero-order valence-corrected chi connectivity index (χ0v) is 17.0. The van der Waals surface area contributed by atoms with Crippen LogP contribution in [0.4, 0.5) is 10.5 Å². The quantitative estimate of drug-likeness (QED) is 0.387. The number of aromatic nitrogens is 2. The number of imidazole rings is 1. The number of non-ortho nitro benzene ring substituents is 1. The van der Waals surface area contributed by atoms with Crippen molar-refractivity contribution in [3.05, 3.63) is 46.0 Å². The van der Waals surface area contributed by atoms with Gasteiger partial charge in [0.05, 0.1) is 23.3 Å². The first kappa shape index (κ1) is 21.5. The number of amides is 1. The van der Waals surface area contributed by atoms with Crippen molar-refractivity contribution >= 4 is 23.4 Å². The highest BCUT2D eigenvalue weighted by molar-refractivity contribution is 6.29. The summed E-state index contributed by atoms with van der Waals surface area (Å²) in [6.45, 7) is 6.07. The third-order valence-electron chi connectivity index (χ3n) is 3.58. The van der Waals surface area contributed by atoms with Crippen molar-refractivity contribution in [1.29, 1.82) is 0 Å². The molecular formula is C18H23ClN4O5. The van der Waals surface area contributed by atoms with Crippen LogP contribution in [0, 0.1) is 10.1 Å². The molecule has 152 valence electrons. The standard InChI is InChI=1S/C18H23ClN4O5/c1-18(2,3)28-17(24)21(4)8-5-9-27-15-10-13(23(25)26)6-7-14(15)22-11-16(19)20-12-22/h6-7,10-12H,5,8-9H2,1-4H3. The lowest BCUT2D eigenvalue weighted by atomic mass is 10.2. The molecule has 1 amide bonds. The van der Waals surface area contributed by atoms with Crippen LogP contribution >= 0.6 is 11.6 Å². The summed E-state index contributed by atoms with van der Waals surface area (Å²) < 4.78 is 12.7. The lowest BCUT2D eigenvalue weighted by molar-refractivity contribution is -0.384. The molecule has 0 spiro atoms. The van der Waals surface area contributed by atoms with Crippen LogP contribution in [0.15, 0.2) is 30.7 Å². The van der Waals surface area contributed by atoms with E-state index < -0.39 is 16.6 Å². The molecule has 1 aromatic heterocycles. The molecule has 0 atom stereocenters. The Morgan fingerprint density at radius 2 is 2.11 bits per heavy atom. The van der Waals surface area contributed by atoms with E-state index in [2.05, 4.69) is 4.98 Å². The van der Waals surface area contributed by atoms with E-state index in [0.717, 1.165) is 0 Å². The molecule has 9 nitrogen and oxygen atoms in total. The fourth-order valence-electron chi connectivity index (χ4n) is 2.29. The maximum Gasteiger partial charge on any atom is 0.410 e. The Kier molecular flexibility index (Phi) is 6.85. The van der Waals surface area contributed by atoms with Gasteiger partial charge in [0.15, 0.2) is 0 Å². The van der Waals surface area contributed by atoms with Crippen LogP contribution in [0.3, 0.4) is 0 Å². The first-order chi connectivity index (χ1) is 13.1. The molecule has 0 bridgehead atoms. The average molecular weight is 411 g/mol. The average Bonchev–Trinajstić information content (AvgIpc) is 3.03. The summed E-state index contributed by atoms with van der Waals surface area (Å²) in [5, 5.41) is 11.4. The summed E-state index contributed by atoms with van der Waals surface area (Å²) >= 11 is 5.85. The van der Waals surface area contributed by atoms with Crippen LogP contribution in [0.25, 0.3) is 5.69 Å². The van der Waals surface area contributed by atoms with Crippen LogP contribution in [-0.4, -0.2) is 51.3 Å². The number of rotatable bonds is 7. The lowest BCUT2D eigenvalue weighted by Crippen LogP contribution is -2.35. The van der Waals surface area contributed by atoms with Gasteiger partial charge in [-0.3, -0.25) is 10.1 Å². The summed E-state index contributed by atoms with van der Waals surface area (Å²) in [5.41, 5.74) is -0.0764. The molecule has 0 aliphatic heterocycles. The highest BCUT2D eigenvalue weighted by Gasteiger charge is 2.19. The number of halogens is 1. The topological polar surface area (TPSA) is 99.7 Å². The number of ether oxygens (including phenoxy) is 2. The van der Waals surface area contributed by atoms with Crippen molar-refractivity contribution in [1.82, 2.24) is 14.5 Å². The van der Waals surface area contributed by atoms with Gasteiger partial charge in [-0.2, -0.15) is 0 Å². The van der Waals surface area contributed by atoms with Crippen LogP contribution in [0.5, 0.6) is 5.75 Å². The predicted molar refractivity (Wildman–Crippen MR) is 104 cm³/mol. The molecule has 2 aromatic rings. The Morgan fingerprint density at radius 3 is 2.68 bits per heavy atom. The number of hydrogen-bond donors (Lipinski definition) is 0. The van der Waals surface area contributed by atoms with Crippen LogP contribution in [0.1, 0.15) is 27.2 Å². The zero-order chi connectivity index (χ0) is 20.9. The number of nitrogens with zero attached hydrogens (tertiary/aromatic N) is 4. The summed E-state index contributed by atoms with van der Waals surface area (Å²) in [6.07, 6.45) is 3.16. The summed E-state index contributed by atoms with van der Waals surface area (Å²) in [6, 6.07) is 4.30. The Labute approximate surface area is 168 Å². The van der Waals surface area contributed by atoms with Crippen molar-refractivity contribution in [2.24, 2.45) is 0 Å². The fourth-order valence-corrected chi connectivity index (χ4v) is 2.44. The Hall–Kier alpha value is -2.81. The highest BCUT2D eigenvalue weighted by atomic mass is 35.5. The van der Waals surface area contributed by atoms with Gasteiger partial charge in [0.2, 0.25) is 0 Å². The third kappa shape index (κ3) is 6.12.